The average molecular weight is 355 g/mol. The van der Waals surface area contributed by atoms with Crippen LogP contribution in [-0.4, -0.2) is 55.0 Å². The van der Waals surface area contributed by atoms with Crippen molar-refractivity contribution in [1.29, 1.82) is 0 Å². The molecule has 2 heterocycles. The van der Waals surface area contributed by atoms with Gasteiger partial charge in [0, 0.05) is 18.3 Å². The minimum Gasteiger partial charge on any atom is -0.449 e. The number of amidine groups is 1. The van der Waals surface area contributed by atoms with Crippen molar-refractivity contribution in [2.75, 3.05) is 12.3 Å². The molecule has 0 aromatic heterocycles. The van der Waals surface area contributed by atoms with Crippen molar-refractivity contribution in [3.05, 3.63) is 23.9 Å². The third-order valence-corrected chi connectivity index (χ3v) is 4.38. The quantitative estimate of drug-likeness (QED) is 0.732. The van der Waals surface area contributed by atoms with Gasteiger partial charge in [-0.25, -0.2) is 13.2 Å². The van der Waals surface area contributed by atoms with Crippen LogP contribution in [0.4, 0.5) is 0 Å². The number of hydrogen-bond acceptors (Lipinski definition) is 6. The third kappa shape index (κ3) is 4.44. The van der Waals surface area contributed by atoms with Crippen molar-refractivity contribution in [3.63, 3.8) is 0 Å². The van der Waals surface area contributed by atoms with Crippen LogP contribution in [-0.2, 0) is 24.3 Å². The molecule has 0 saturated carbocycles. The number of ether oxygens (including phenoxy) is 1. The lowest BCUT2D eigenvalue weighted by atomic mass is 10.1. The van der Waals surface area contributed by atoms with Gasteiger partial charge in [0.1, 0.15) is 5.57 Å². The Kier molecular flexibility index (Phi) is 4.84. The van der Waals surface area contributed by atoms with Gasteiger partial charge in [0.15, 0.2) is 11.9 Å². The molecule has 1 atom stereocenters. The summed E-state index contributed by atoms with van der Waals surface area (Å²) in [5.41, 5.74) is -0.445. The predicted octanol–water partition coefficient (Wildman–Crippen LogP) is 0.330. The van der Waals surface area contributed by atoms with Crippen LogP contribution in [0.25, 0.3) is 0 Å². The highest BCUT2D eigenvalue weighted by Gasteiger charge is 2.32. The molecule has 0 saturated heterocycles. The van der Waals surface area contributed by atoms with Gasteiger partial charge < -0.3 is 15.0 Å². The normalized spacial score (nSPS) is 20.4. The monoisotopic (exact) mass is 355 g/mol. The molecule has 0 bridgehead atoms. The molecule has 132 valence electrons. The number of nitrogens with one attached hydrogen (secondary N) is 1. The molecule has 2 aliphatic heterocycles. The van der Waals surface area contributed by atoms with Crippen molar-refractivity contribution >= 4 is 27.7 Å². The fourth-order valence-corrected chi connectivity index (χ4v) is 3.11. The van der Waals surface area contributed by atoms with Gasteiger partial charge in [0.25, 0.3) is 15.9 Å². The van der Waals surface area contributed by atoms with Crippen molar-refractivity contribution in [2.24, 2.45) is 4.40 Å². The molecule has 24 heavy (non-hydrogen) atoms. The first-order valence-electron chi connectivity index (χ1n) is 7.50. The summed E-state index contributed by atoms with van der Waals surface area (Å²) in [4.78, 5) is 25.9. The molecule has 2 rings (SSSR count). The summed E-state index contributed by atoms with van der Waals surface area (Å²) in [6, 6.07) is 0. The summed E-state index contributed by atoms with van der Waals surface area (Å²) < 4.78 is 32.2. The van der Waals surface area contributed by atoms with E-state index in [1.165, 1.54) is 13.0 Å². The van der Waals surface area contributed by atoms with E-state index in [9.17, 15) is 18.0 Å². The molecule has 0 unspecified atom stereocenters. The Morgan fingerprint density at radius 2 is 2.04 bits per heavy atom. The number of carbonyl (C=O) groups excluding carboxylic acids is 2. The van der Waals surface area contributed by atoms with Crippen molar-refractivity contribution < 1.29 is 22.7 Å². The number of esters is 1. The summed E-state index contributed by atoms with van der Waals surface area (Å²) in [7, 11) is -3.60. The molecule has 0 fully saturated rings. The topological polar surface area (TPSA) is 105 Å². The van der Waals surface area contributed by atoms with Crippen LogP contribution in [0.15, 0.2) is 28.3 Å². The number of amides is 1. The maximum atomic E-state index is 12.3. The van der Waals surface area contributed by atoms with Gasteiger partial charge in [0.2, 0.25) is 0 Å². The van der Waals surface area contributed by atoms with Crippen LogP contribution in [0.5, 0.6) is 0 Å². The van der Waals surface area contributed by atoms with Gasteiger partial charge in [0.05, 0.1) is 5.75 Å². The van der Waals surface area contributed by atoms with E-state index >= 15 is 0 Å². The van der Waals surface area contributed by atoms with E-state index in [-0.39, 0.29) is 23.7 Å². The van der Waals surface area contributed by atoms with Crippen molar-refractivity contribution in [3.8, 4) is 0 Å². The van der Waals surface area contributed by atoms with Gasteiger partial charge in [-0.1, -0.05) is 0 Å². The van der Waals surface area contributed by atoms with E-state index < -0.39 is 33.5 Å². The fourth-order valence-electron chi connectivity index (χ4n) is 2.12. The SMILES string of the molecule is C[C@@H](OC(=O)C1=CC=CN2CCS(=O)(=O)N=C12)C(=O)NC(C)(C)C. The van der Waals surface area contributed by atoms with Gasteiger partial charge in [-0.2, -0.15) is 0 Å². The van der Waals surface area contributed by atoms with E-state index in [0.29, 0.717) is 0 Å². The van der Waals surface area contributed by atoms with Crippen molar-refractivity contribution in [2.45, 2.75) is 39.3 Å². The largest absolute Gasteiger partial charge is 0.449 e. The number of rotatable bonds is 3. The first-order valence-corrected chi connectivity index (χ1v) is 9.10. The van der Waals surface area contributed by atoms with E-state index in [0.717, 1.165) is 0 Å². The summed E-state index contributed by atoms with van der Waals surface area (Å²) in [6.45, 7) is 7.10. The molecule has 8 nitrogen and oxygen atoms in total. The minimum atomic E-state index is -3.60. The Bertz CT molecular complexity index is 744. The molecule has 9 heteroatoms. The lowest BCUT2D eigenvalue weighted by molar-refractivity contribution is -0.151. The molecule has 0 spiro atoms. The fraction of sp³-hybridized carbons (Fsp3) is 0.533. The molecule has 0 aliphatic carbocycles. The Morgan fingerprint density at radius 3 is 2.67 bits per heavy atom. The number of carbonyl (C=O) groups is 2. The lowest BCUT2D eigenvalue weighted by Gasteiger charge is -2.29. The van der Waals surface area contributed by atoms with Crippen LogP contribution in [0.2, 0.25) is 0 Å². The first-order chi connectivity index (χ1) is 11.0. The van der Waals surface area contributed by atoms with Crippen LogP contribution >= 0.6 is 0 Å². The Balaban J connectivity index is 2.14. The van der Waals surface area contributed by atoms with E-state index in [1.807, 2.05) is 20.8 Å². The summed E-state index contributed by atoms with van der Waals surface area (Å²) in [6.07, 6.45) is 3.65. The van der Waals surface area contributed by atoms with Crippen molar-refractivity contribution in [1.82, 2.24) is 10.2 Å². The maximum Gasteiger partial charge on any atom is 0.342 e. The Labute approximate surface area is 141 Å². The molecule has 2 aliphatic rings. The van der Waals surface area contributed by atoms with E-state index in [4.69, 9.17) is 4.74 Å². The number of sulfonamides is 1. The average Bonchev–Trinajstić information content (AvgIpc) is 2.43. The number of allylic oxidation sites excluding steroid dienone is 2. The molecule has 0 aromatic carbocycles. The highest BCUT2D eigenvalue weighted by molar-refractivity contribution is 7.90. The Morgan fingerprint density at radius 1 is 1.38 bits per heavy atom. The third-order valence-electron chi connectivity index (χ3n) is 3.23. The van der Waals surface area contributed by atoms with Crippen LogP contribution in [0, 0.1) is 0 Å². The molecule has 0 radical (unpaired) electrons. The van der Waals surface area contributed by atoms with E-state index in [2.05, 4.69) is 9.71 Å². The zero-order chi connectivity index (χ0) is 18.1. The summed E-state index contributed by atoms with van der Waals surface area (Å²) in [5.74, 6) is -1.32. The van der Waals surface area contributed by atoms with E-state index in [1.54, 1.807) is 17.2 Å². The maximum absolute atomic E-state index is 12.3. The standard InChI is InChI=1S/C15H21N3O5S/c1-10(13(19)16-15(2,3)4)23-14(20)11-6-5-7-18-8-9-24(21,22)17-12(11)18/h5-7,10H,8-9H2,1-4H3,(H,16,19)/t10-/m1/s1. The lowest BCUT2D eigenvalue weighted by Crippen LogP contribution is -2.47. The van der Waals surface area contributed by atoms with Gasteiger partial charge >= 0.3 is 5.97 Å². The number of nitrogens with zero attached hydrogens (tertiary/aromatic N) is 2. The summed E-state index contributed by atoms with van der Waals surface area (Å²) >= 11 is 0. The second-order valence-corrected chi connectivity index (χ2v) is 8.36. The Hall–Kier alpha value is -2.16. The number of fused-ring (bicyclic) bond motifs is 1. The van der Waals surface area contributed by atoms with Crippen LogP contribution in [0.3, 0.4) is 0 Å². The summed E-state index contributed by atoms with van der Waals surface area (Å²) in [5, 5.41) is 2.71. The minimum absolute atomic E-state index is 0.0104. The van der Waals surface area contributed by atoms with Crippen LogP contribution < -0.4 is 5.32 Å². The number of hydrogen-bond donors (Lipinski definition) is 1. The smallest absolute Gasteiger partial charge is 0.342 e. The molecule has 1 N–H and O–H groups in total. The molecular weight excluding hydrogens is 334 g/mol. The first kappa shape index (κ1) is 18.2. The zero-order valence-electron chi connectivity index (χ0n) is 14.1. The molecule has 0 aromatic rings. The van der Waals surface area contributed by atoms with Crippen LogP contribution in [0.1, 0.15) is 27.7 Å². The molecular formula is C15H21N3O5S. The van der Waals surface area contributed by atoms with Gasteiger partial charge in [-0.3, -0.25) is 4.79 Å². The predicted molar refractivity (Wildman–Crippen MR) is 88.6 cm³/mol. The molecule has 1 amide bonds. The highest BCUT2D eigenvalue weighted by atomic mass is 32.2. The van der Waals surface area contributed by atoms with Gasteiger partial charge in [-0.15, -0.1) is 4.40 Å². The van der Waals surface area contributed by atoms with Gasteiger partial charge in [-0.05, 0) is 39.8 Å². The zero-order valence-corrected chi connectivity index (χ0v) is 14.9. The second-order valence-electron chi connectivity index (χ2n) is 6.60. The second kappa shape index (κ2) is 6.39. The highest BCUT2D eigenvalue weighted by Crippen LogP contribution is 2.19.